The number of nitrogens with one attached hydrogen (secondary N) is 2. The van der Waals surface area contributed by atoms with Crippen molar-refractivity contribution in [1.29, 1.82) is 5.26 Å². The number of aliphatic carboxylic acids is 1. The van der Waals surface area contributed by atoms with Crippen LogP contribution < -0.4 is 22.1 Å². The Labute approximate surface area is 317 Å². The molecule has 3 unspecified atom stereocenters. The van der Waals surface area contributed by atoms with E-state index >= 15 is 0 Å². The molecule has 0 saturated heterocycles. The van der Waals surface area contributed by atoms with Crippen molar-refractivity contribution in [3.63, 3.8) is 0 Å². The standard InChI is InChI=1S/C15H14Cl2F3N3O3.C9H13ClN6.C5H12NO4P/c1-3-26-13(24)10(17)4-8-5-12(11(18)6-9(8)16)23-15(25)22(14(19)20)7(2)21-23;1-4-12-7-13-6(10)14-8(15-7)16-9(2,3)5-11;1-11(9,10)3-2-4(6)5(7)8/h5-6,10,14H,3-4H2,1-2H3;4H2,1-3H3,(H2,12,13,14,15,16);4H,2-3,6H2,1H3,(H,7,8)(H,9,10). The highest BCUT2D eigenvalue weighted by Crippen LogP contribution is 2.35. The first-order chi connectivity index (χ1) is 24.5. The highest BCUT2D eigenvalue weighted by molar-refractivity contribution is 7.57. The van der Waals surface area contributed by atoms with Crippen LogP contribution in [0.5, 0.6) is 0 Å². The van der Waals surface area contributed by atoms with Crippen molar-refractivity contribution in [1.82, 2.24) is 29.3 Å². The number of aryl methyl sites for hydroxylation is 1. The lowest BCUT2D eigenvalue weighted by atomic mass is 10.1. The van der Waals surface area contributed by atoms with Crippen LogP contribution in [0.25, 0.3) is 5.69 Å². The van der Waals surface area contributed by atoms with Gasteiger partial charge in [0, 0.05) is 30.8 Å². The zero-order chi connectivity index (χ0) is 40.8. The van der Waals surface area contributed by atoms with Gasteiger partial charge in [-0.2, -0.15) is 33.7 Å². The summed E-state index contributed by atoms with van der Waals surface area (Å²) in [6.45, 7) is 7.03. The first kappa shape index (κ1) is 47.0. The van der Waals surface area contributed by atoms with Crippen LogP contribution in [0.15, 0.2) is 16.9 Å². The molecular formula is C29H39Cl3F3N10O7P. The minimum absolute atomic E-state index is 0.0412. The van der Waals surface area contributed by atoms with E-state index < -0.39 is 54.3 Å². The number of rotatable bonds is 14. The fourth-order valence-electron chi connectivity index (χ4n) is 3.72. The third-order valence-electron chi connectivity index (χ3n) is 6.28. The zero-order valence-corrected chi connectivity index (χ0v) is 32.4. The van der Waals surface area contributed by atoms with Gasteiger partial charge in [-0.05, 0) is 70.3 Å². The van der Waals surface area contributed by atoms with Gasteiger partial charge in [-0.25, -0.2) is 13.8 Å². The molecule has 0 bridgehead atoms. The zero-order valence-electron chi connectivity index (χ0n) is 29.3. The van der Waals surface area contributed by atoms with Crippen molar-refractivity contribution >= 4 is 66.0 Å². The van der Waals surface area contributed by atoms with Gasteiger partial charge in [-0.3, -0.25) is 14.2 Å². The molecule has 0 fully saturated rings. The third-order valence-corrected chi connectivity index (χ3v) is 8.22. The molecule has 0 aliphatic carbocycles. The van der Waals surface area contributed by atoms with Gasteiger partial charge < -0.3 is 31.1 Å². The molecule has 0 saturated carbocycles. The number of alkyl halides is 3. The molecule has 3 rings (SSSR count). The van der Waals surface area contributed by atoms with Gasteiger partial charge in [-0.1, -0.05) is 11.6 Å². The molecule has 1 aromatic carbocycles. The molecular weight excluding hydrogens is 795 g/mol. The largest absolute Gasteiger partial charge is 0.480 e. The average molecular weight is 834 g/mol. The summed E-state index contributed by atoms with van der Waals surface area (Å²) in [5.41, 5.74) is 2.97. The first-order valence-corrected chi connectivity index (χ1v) is 18.8. The van der Waals surface area contributed by atoms with E-state index in [1.807, 2.05) is 6.92 Å². The van der Waals surface area contributed by atoms with Crippen LogP contribution in [0.4, 0.5) is 25.1 Å². The number of carboxylic acids is 1. The number of nitriles is 1. The van der Waals surface area contributed by atoms with E-state index in [-0.39, 0.29) is 63.5 Å². The number of anilines is 2. The summed E-state index contributed by atoms with van der Waals surface area (Å²) in [5.74, 6) is -2.39. The summed E-state index contributed by atoms with van der Waals surface area (Å²) in [6, 6.07) is 3.08. The van der Waals surface area contributed by atoms with Gasteiger partial charge >= 0.3 is 24.2 Å². The number of nitrogens with two attached hydrogens (primary N) is 1. The van der Waals surface area contributed by atoms with Gasteiger partial charge in [0.15, 0.2) is 13.2 Å². The van der Waals surface area contributed by atoms with Gasteiger partial charge in [0.05, 0.1) is 12.7 Å². The Kier molecular flexibility index (Phi) is 18.7. The topological polar surface area (TPSA) is 253 Å². The predicted molar refractivity (Wildman–Crippen MR) is 192 cm³/mol. The molecule has 24 heteroatoms. The third kappa shape index (κ3) is 15.9. The summed E-state index contributed by atoms with van der Waals surface area (Å²) in [6.07, 6.45) is -0.115. The first-order valence-electron chi connectivity index (χ1n) is 15.3. The molecule has 6 N–H and O–H groups in total. The van der Waals surface area contributed by atoms with E-state index in [9.17, 15) is 32.1 Å². The minimum Gasteiger partial charge on any atom is -0.480 e. The lowest BCUT2D eigenvalue weighted by molar-refractivity contribution is -0.142. The number of carbonyl (C=O) groups is 2. The van der Waals surface area contributed by atoms with Crippen molar-refractivity contribution < 1.29 is 42.1 Å². The Bertz CT molecular complexity index is 1870. The Balaban J connectivity index is 0.000000443. The van der Waals surface area contributed by atoms with Crippen molar-refractivity contribution in [3.8, 4) is 11.8 Å². The molecule has 0 radical (unpaired) electrons. The second-order valence-electron chi connectivity index (χ2n) is 11.4. The molecule has 0 spiro atoms. The number of nitrogens with zero attached hydrogens (tertiary/aromatic N) is 7. The fourth-order valence-corrected chi connectivity index (χ4v) is 5.09. The summed E-state index contributed by atoms with van der Waals surface area (Å²) < 4.78 is 56.1. The van der Waals surface area contributed by atoms with E-state index in [1.165, 1.54) is 13.6 Å². The Morgan fingerprint density at radius 3 is 2.28 bits per heavy atom. The van der Waals surface area contributed by atoms with Gasteiger partial charge in [-0.15, -0.1) is 16.7 Å². The number of ether oxygens (including phenoxy) is 1. The molecule has 53 heavy (non-hydrogen) atoms. The number of halogens is 6. The van der Waals surface area contributed by atoms with Crippen LogP contribution in [-0.2, 0) is 25.3 Å². The highest BCUT2D eigenvalue weighted by atomic mass is 35.5. The lowest BCUT2D eigenvalue weighted by Crippen LogP contribution is -2.30. The fraction of sp³-hybridized carbons (Fsp3) is 0.517. The summed E-state index contributed by atoms with van der Waals surface area (Å²) >= 11 is 17.6. The van der Waals surface area contributed by atoms with Crippen LogP contribution >= 0.6 is 42.2 Å². The van der Waals surface area contributed by atoms with Crippen molar-refractivity contribution in [2.24, 2.45) is 5.73 Å². The number of benzene rings is 1. The Morgan fingerprint density at radius 2 is 1.79 bits per heavy atom. The Morgan fingerprint density at radius 1 is 1.19 bits per heavy atom. The molecule has 3 aromatic rings. The number of hydrogen-bond acceptors (Lipinski definition) is 13. The number of carboxylic acid groups (broad SMARTS) is 1. The SMILES string of the molecule is CCNc1nc(Cl)nc(NC(C)(C)C#N)n1.CCOC(=O)C(Cl)Cc1cc(-n2nc(C)n(C(F)F)c2=O)c(F)cc1Cl.CP(=O)(O)CCC(N)C(=O)O. The quantitative estimate of drug-likeness (QED) is 0.0845. The number of esters is 1. The van der Waals surface area contributed by atoms with E-state index in [0.717, 1.165) is 12.1 Å². The summed E-state index contributed by atoms with van der Waals surface area (Å²) in [5, 5.41) is 25.5. The average Bonchev–Trinajstić information content (AvgIpc) is 3.34. The van der Waals surface area contributed by atoms with Crippen LogP contribution in [-0.4, -0.2) is 94.2 Å². The van der Waals surface area contributed by atoms with E-state index in [4.69, 9.17) is 60.5 Å². The van der Waals surface area contributed by atoms with Crippen molar-refractivity contribution in [2.45, 2.75) is 71.0 Å². The van der Waals surface area contributed by atoms with Crippen LogP contribution in [0.2, 0.25) is 10.3 Å². The maximum Gasteiger partial charge on any atom is 0.355 e. The maximum atomic E-state index is 14.2. The van der Waals surface area contributed by atoms with Crippen LogP contribution in [0, 0.1) is 24.1 Å². The molecule has 294 valence electrons. The lowest BCUT2D eigenvalue weighted by Gasteiger charge is -2.17. The Hall–Kier alpha value is -3.99. The number of carbonyl (C=O) groups excluding carboxylic acids is 1. The number of hydrogen-bond donors (Lipinski definition) is 5. The van der Waals surface area contributed by atoms with E-state index in [0.29, 0.717) is 17.2 Å². The van der Waals surface area contributed by atoms with Gasteiger partial charge in [0.25, 0.3) is 0 Å². The normalized spacial score (nSPS) is 13.2. The van der Waals surface area contributed by atoms with Crippen LogP contribution in [0.3, 0.4) is 0 Å². The monoisotopic (exact) mass is 832 g/mol. The molecule has 2 aromatic heterocycles. The van der Waals surface area contributed by atoms with Gasteiger partial charge in [0.1, 0.15) is 28.5 Å². The second kappa shape index (κ2) is 21.0. The van der Waals surface area contributed by atoms with E-state index in [1.54, 1.807) is 20.8 Å². The van der Waals surface area contributed by atoms with Crippen LogP contribution in [0.1, 0.15) is 52.1 Å². The minimum atomic E-state index is -3.12. The predicted octanol–water partition coefficient (Wildman–Crippen LogP) is 4.60. The highest BCUT2D eigenvalue weighted by Gasteiger charge is 2.24. The molecule has 0 aliphatic heterocycles. The molecule has 2 heterocycles. The number of aromatic nitrogens is 6. The summed E-state index contributed by atoms with van der Waals surface area (Å²) in [7, 11) is -3.10. The summed E-state index contributed by atoms with van der Waals surface area (Å²) in [4.78, 5) is 54.4. The molecule has 17 nitrogen and oxygen atoms in total. The molecule has 3 atom stereocenters. The second-order valence-corrected chi connectivity index (χ2v) is 15.2. The van der Waals surface area contributed by atoms with E-state index in [2.05, 4.69) is 36.8 Å². The van der Waals surface area contributed by atoms with Crippen molar-refractivity contribution in [3.05, 3.63) is 50.1 Å². The molecule has 0 aliphatic rings. The maximum absolute atomic E-state index is 14.2. The van der Waals surface area contributed by atoms with Gasteiger partial charge in [0.2, 0.25) is 17.2 Å². The van der Waals surface area contributed by atoms with Crippen molar-refractivity contribution in [2.75, 3.05) is 36.6 Å². The molecule has 0 amide bonds. The smallest absolute Gasteiger partial charge is 0.355 e.